The molecular formula is C13H11ClN2S. The summed E-state index contributed by atoms with van der Waals surface area (Å²) in [4.78, 5) is 9.10. The van der Waals surface area contributed by atoms with Crippen LogP contribution in [-0.4, -0.2) is 15.8 Å². The van der Waals surface area contributed by atoms with Gasteiger partial charge in [-0.3, -0.25) is 0 Å². The Bertz CT molecular complexity index is 628. The standard InChI is InChI=1S/C13H11ClN2S/c14-6-5-9-3-4-10-11(8-9)16-13(15-10)12-2-1-7-17-12/h1-4,7-8H,5-6H2,(H,15,16). The number of H-pyrrole nitrogens is 1. The molecule has 0 atom stereocenters. The van der Waals surface area contributed by atoms with E-state index in [4.69, 9.17) is 11.6 Å². The molecule has 2 aromatic heterocycles. The van der Waals surface area contributed by atoms with Crippen LogP contribution in [0.3, 0.4) is 0 Å². The van der Waals surface area contributed by atoms with Gasteiger partial charge in [0.25, 0.3) is 0 Å². The van der Waals surface area contributed by atoms with Gasteiger partial charge in [0.15, 0.2) is 0 Å². The Kier molecular flexibility index (Phi) is 2.87. The van der Waals surface area contributed by atoms with Crippen molar-refractivity contribution in [2.24, 2.45) is 0 Å². The number of aryl methyl sites for hydroxylation is 1. The summed E-state index contributed by atoms with van der Waals surface area (Å²) in [6.45, 7) is 0. The molecule has 0 amide bonds. The fraction of sp³-hybridized carbons (Fsp3) is 0.154. The third-order valence-corrected chi connectivity index (χ3v) is 3.75. The van der Waals surface area contributed by atoms with E-state index in [0.29, 0.717) is 5.88 Å². The number of aromatic amines is 1. The van der Waals surface area contributed by atoms with Crippen LogP contribution >= 0.6 is 22.9 Å². The van der Waals surface area contributed by atoms with Crippen LogP contribution in [0.4, 0.5) is 0 Å². The summed E-state index contributed by atoms with van der Waals surface area (Å²) < 4.78 is 0. The van der Waals surface area contributed by atoms with E-state index >= 15 is 0 Å². The number of thiophene rings is 1. The number of alkyl halides is 1. The molecule has 0 unspecified atom stereocenters. The zero-order valence-electron chi connectivity index (χ0n) is 9.11. The maximum Gasteiger partial charge on any atom is 0.148 e. The summed E-state index contributed by atoms with van der Waals surface area (Å²) in [7, 11) is 0. The van der Waals surface area contributed by atoms with E-state index in [-0.39, 0.29) is 0 Å². The smallest absolute Gasteiger partial charge is 0.148 e. The van der Waals surface area contributed by atoms with E-state index in [1.54, 1.807) is 11.3 Å². The normalized spacial score (nSPS) is 11.1. The van der Waals surface area contributed by atoms with Crippen molar-refractivity contribution >= 4 is 34.0 Å². The lowest BCUT2D eigenvalue weighted by Gasteiger charge is -1.96. The number of hydrogen-bond donors (Lipinski definition) is 1. The summed E-state index contributed by atoms with van der Waals surface area (Å²) in [5.74, 6) is 1.59. The van der Waals surface area contributed by atoms with Crippen LogP contribution < -0.4 is 0 Å². The van der Waals surface area contributed by atoms with Gasteiger partial charge >= 0.3 is 0 Å². The fourth-order valence-corrected chi connectivity index (χ4v) is 2.74. The summed E-state index contributed by atoms with van der Waals surface area (Å²) in [6.07, 6.45) is 0.894. The summed E-state index contributed by atoms with van der Waals surface area (Å²) in [5.41, 5.74) is 3.33. The molecule has 0 saturated heterocycles. The molecule has 0 bridgehead atoms. The monoisotopic (exact) mass is 262 g/mol. The molecule has 0 aliphatic rings. The Morgan fingerprint density at radius 3 is 3.00 bits per heavy atom. The van der Waals surface area contributed by atoms with Crippen LogP contribution in [0.5, 0.6) is 0 Å². The molecule has 4 heteroatoms. The van der Waals surface area contributed by atoms with Crippen LogP contribution in [0, 0.1) is 0 Å². The van der Waals surface area contributed by atoms with Crippen molar-refractivity contribution in [1.29, 1.82) is 0 Å². The van der Waals surface area contributed by atoms with Crippen molar-refractivity contribution < 1.29 is 0 Å². The number of rotatable bonds is 3. The Morgan fingerprint density at radius 2 is 2.24 bits per heavy atom. The SMILES string of the molecule is ClCCc1ccc2nc(-c3cccs3)[nH]c2c1. The molecule has 0 aliphatic carbocycles. The van der Waals surface area contributed by atoms with Crippen LogP contribution in [-0.2, 0) is 6.42 Å². The summed E-state index contributed by atoms with van der Waals surface area (Å²) in [6, 6.07) is 10.4. The second-order valence-corrected chi connectivity index (χ2v) is 5.18. The first-order valence-corrected chi connectivity index (χ1v) is 6.87. The lowest BCUT2D eigenvalue weighted by molar-refractivity contribution is 1.15. The average Bonchev–Trinajstić information content (AvgIpc) is 2.97. The highest BCUT2D eigenvalue weighted by Crippen LogP contribution is 2.25. The zero-order valence-corrected chi connectivity index (χ0v) is 10.7. The lowest BCUT2D eigenvalue weighted by Crippen LogP contribution is -1.84. The van der Waals surface area contributed by atoms with Crippen LogP contribution in [0.1, 0.15) is 5.56 Å². The topological polar surface area (TPSA) is 28.7 Å². The Morgan fingerprint density at radius 1 is 1.29 bits per heavy atom. The van der Waals surface area contributed by atoms with Gasteiger partial charge in [0.05, 0.1) is 15.9 Å². The molecule has 86 valence electrons. The number of nitrogens with zero attached hydrogens (tertiary/aromatic N) is 1. The van der Waals surface area contributed by atoms with Crippen LogP contribution in [0.25, 0.3) is 21.7 Å². The van der Waals surface area contributed by atoms with Gasteiger partial charge in [0, 0.05) is 5.88 Å². The first kappa shape index (κ1) is 10.8. The number of imidazole rings is 1. The first-order valence-electron chi connectivity index (χ1n) is 5.45. The predicted octanol–water partition coefficient (Wildman–Crippen LogP) is 4.07. The lowest BCUT2D eigenvalue weighted by atomic mass is 10.1. The number of fused-ring (bicyclic) bond motifs is 1. The Balaban J connectivity index is 2.07. The molecule has 2 nitrogen and oxygen atoms in total. The highest BCUT2D eigenvalue weighted by molar-refractivity contribution is 7.13. The Hall–Kier alpha value is -1.32. The molecule has 17 heavy (non-hydrogen) atoms. The van der Waals surface area contributed by atoms with Gasteiger partial charge in [-0.1, -0.05) is 12.1 Å². The van der Waals surface area contributed by atoms with Gasteiger partial charge in [-0.2, -0.15) is 0 Å². The van der Waals surface area contributed by atoms with Crippen molar-refractivity contribution in [1.82, 2.24) is 9.97 Å². The molecule has 0 radical (unpaired) electrons. The number of benzene rings is 1. The Labute approximate surface area is 108 Å². The predicted molar refractivity (Wildman–Crippen MR) is 73.8 cm³/mol. The maximum absolute atomic E-state index is 5.75. The van der Waals surface area contributed by atoms with Gasteiger partial charge in [-0.05, 0) is 35.6 Å². The van der Waals surface area contributed by atoms with Gasteiger partial charge in [0.1, 0.15) is 5.82 Å². The van der Waals surface area contributed by atoms with Crippen molar-refractivity contribution in [2.75, 3.05) is 5.88 Å². The minimum absolute atomic E-state index is 0.650. The van der Waals surface area contributed by atoms with E-state index in [1.165, 1.54) is 10.4 Å². The minimum Gasteiger partial charge on any atom is -0.337 e. The van der Waals surface area contributed by atoms with E-state index in [2.05, 4.69) is 33.5 Å². The molecule has 1 N–H and O–H groups in total. The first-order chi connectivity index (χ1) is 8.36. The van der Waals surface area contributed by atoms with Gasteiger partial charge < -0.3 is 4.98 Å². The second-order valence-electron chi connectivity index (χ2n) is 3.85. The molecule has 3 aromatic rings. The average molecular weight is 263 g/mol. The summed E-state index contributed by atoms with van der Waals surface area (Å²) in [5, 5.41) is 2.06. The van der Waals surface area contributed by atoms with E-state index in [0.717, 1.165) is 23.3 Å². The van der Waals surface area contributed by atoms with Crippen molar-refractivity contribution in [2.45, 2.75) is 6.42 Å². The zero-order chi connectivity index (χ0) is 11.7. The van der Waals surface area contributed by atoms with Crippen molar-refractivity contribution in [3.63, 3.8) is 0 Å². The molecular weight excluding hydrogens is 252 g/mol. The van der Waals surface area contributed by atoms with Gasteiger partial charge in [-0.15, -0.1) is 22.9 Å². The van der Waals surface area contributed by atoms with Gasteiger partial charge in [0.2, 0.25) is 0 Å². The summed E-state index contributed by atoms with van der Waals surface area (Å²) >= 11 is 7.44. The molecule has 1 aromatic carbocycles. The number of nitrogens with one attached hydrogen (secondary N) is 1. The van der Waals surface area contributed by atoms with Crippen LogP contribution in [0.2, 0.25) is 0 Å². The van der Waals surface area contributed by atoms with Gasteiger partial charge in [-0.25, -0.2) is 4.98 Å². The third-order valence-electron chi connectivity index (χ3n) is 2.68. The van der Waals surface area contributed by atoms with E-state index in [9.17, 15) is 0 Å². The second kappa shape index (κ2) is 4.51. The number of halogens is 1. The largest absolute Gasteiger partial charge is 0.337 e. The molecule has 0 fully saturated rings. The number of aromatic nitrogens is 2. The van der Waals surface area contributed by atoms with Crippen molar-refractivity contribution in [3.8, 4) is 10.7 Å². The van der Waals surface area contributed by atoms with E-state index in [1.807, 2.05) is 12.1 Å². The maximum atomic E-state index is 5.75. The highest BCUT2D eigenvalue weighted by Gasteiger charge is 2.06. The van der Waals surface area contributed by atoms with E-state index < -0.39 is 0 Å². The quantitative estimate of drug-likeness (QED) is 0.708. The minimum atomic E-state index is 0.650. The molecule has 0 aliphatic heterocycles. The third kappa shape index (κ3) is 2.08. The van der Waals surface area contributed by atoms with Crippen molar-refractivity contribution in [3.05, 3.63) is 41.3 Å². The molecule has 3 rings (SSSR count). The highest BCUT2D eigenvalue weighted by atomic mass is 35.5. The molecule has 2 heterocycles. The van der Waals surface area contributed by atoms with Crippen LogP contribution in [0.15, 0.2) is 35.7 Å². The molecule has 0 saturated carbocycles. The fourth-order valence-electron chi connectivity index (χ4n) is 1.85. The number of hydrogen-bond acceptors (Lipinski definition) is 2. The molecule has 0 spiro atoms.